The van der Waals surface area contributed by atoms with Gasteiger partial charge in [0.25, 0.3) is 10.0 Å². The Hall–Kier alpha value is -3.92. The molecule has 2 amide bonds. The predicted octanol–water partition coefficient (Wildman–Crippen LogP) is 4.75. The Morgan fingerprint density at radius 2 is 1.55 bits per heavy atom. The molecule has 0 aliphatic rings. The number of nitrogens with one attached hydrogen (secondary N) is 1. The summed E-state index contributed by atoms with van der Waals surface area (Å²) < 4.78 is 47.6. The van der Waals surface area contributed by atoms with Crippen LogP contribution in [0.5, 0.6) is 5.75 Å². The van der Waals surface area contributed by atoms with Crippen molar-refractivity contribution in [1.82, 2.24) is 10.2 Å². The molecule has 1 N–H and O–H groups in total. The Balaban J connectivity index is 2.01. The molecule has 0 aliphatic heterocycles. The highest BCUT2D eigenvalue weighted by molar-refractivity contribution is 7.92. The molecule has 0 heterocycles. The molecule has 8 nitrogen and oxygen atoms in total. The Kier molecular flexibility index (Phi) is 10.7. The number of carbonyl (C=O) groups excluding carboxylic acids is 2. The number of carbonyl (C=O) groups is 2. The monoisotopic (exact) mass is 569 g/mol. The average Bonchev–Trinajstić information content (AvgIpc) is 2.95. The van der Waals surface area contributed by atoms with Gasteiger partial charge in [0.15, 0.2) is 0 Å². The van der Waals surface area contributed by atoms with Crippen LogP contribution in [0.2, 0.25) is 0 Å². The molecule has 0 radical (unpaired) electrons. The van der Waals surface area contributed by atoms with E-state index in [-0.39, 0.29) is 29.1 Å². The quantitative estimate of drug-likeness (QED) is 0.321. The molecule has 40 heavy (non-hydrogen) atoms. The van der Waals surface area contributed by atoms with Crippen LogP contribution in [-0.4, -0.2) is 50.4 Å². The average molecular weight is 570 g/mol. The largest absolute Gasteiger partial charge is 0.494 e. The standard InChI is InChI=1S/C30H36FN3O5S/c1-5-22(3)32-30(36)23(4)33(20-24-10-8-7-9-11-24)29(35)21-34(26-14-16-27(17-15-26)39-6-2)40(37,38)28-18-12-25(31)13-19-28/h7-19,22-23H,5-6,20-21H2,1-4H3,(H,32,36)/t22-,23-/m1/s1. The van der Waals surface area contributed by atoms with E-state index in [0.29, 0.717) is 18.8 Å². The molecule has 2 atom stereocenters. The SMILES string of the molecule is CCOc1ccc(N(CC(=O)N(Cc2ccccc2)[C@H](C)C(=O)N[C@H](C)CC)S(=O)(=O)c2ccc(F)cc2)cc1. The fraction of sp³-hybridized carbons (Fsp3) is 0.333. The van der Waals surface area contributed by atoms with Gasteiger partial charge in [0.1, 0.15) is 24.2 Å². The summed E-state index contributed by atoms with van der Waals surface area (Å²) >= 11 is 0. The molecule has 0 aliphatic carbocycles. The van der Waals surface area contributed by atoms with Crippen molar-refractivity contribution in [3.8, 4) is 5.75 Å². The molecule has 214 valence electrons. The molecule has 0 fully saturated rings. The minimum atomic E-state index is -4.29. The van der Waals surface area contributed by atoms with Crippen LogP contribution in [0.25, 0.3) is 0 Å². The number of halogens is 1. The Morgan fingerprint density at radius 3 is 2.12 bits per heavy atom. The molecular weight excluding hydrogens is 533 g/mol. The van der Waals surface area contributed by atoms with Crippen molar-refractivity contribution in [3.05, 3.63) is 90.2 Å². The first kappa shape index (κ1) is 30.6. The number of anilines is 1. The van der Waals surface area contributed by atoms with E-state index in [1.54, 1.807) is 31.2 Å². The predicted molar refractivity (Wildman–Crippen MR) is 153 cm³/mol. The smallest absolute Gasteiger partial charge is 0.264 e. The van der Waals surface area contributed by atoms with Crippen molar-refractivity contribution in [2.75, 3.05) is 17.5 Å². The van der Waals surface area contributed by atoms with Gasteiger partial charge in [-0.05, 0) is 81.3 Å². The van der Waals surface area contributed by atoms with Crippen LogP contribution in [0.4, 0.5) is 10.1 Å². The highest BCUT2D eigenvalue weighted by Gasteiger charge is 2.32. The minimum Gasteiger partial charge on any atom is -0.494 e. The summed E-state index contributed by atoms with van der Waals surface area (Å²) in [5.74, 6) is -0.960. The van der Waals surface area contributed by atoms with E-state index in [1.807, 2.05) is 51.1 Å². The van der Waals surface area contributed by atoms with Gasteiger partial charge in [-0.1, -0.05) is 37.3 Å². The first-order valence-corrected chi connectivity index (χ1v) is 14.7. The lowest BCUT2D eigenvalue weighted by Crippen LogP contribution is -2.52. The van der Waals surface area contributed by atoms with Crippen molar-refractivity contribution in [3.63, 3.8) is 0 Å². The summed E-state index contributed by atoms with van der Waals surface area (Å²) in [5, 5.41) is 2.90. The van der Waals surface area contributed by atoms with Crippen molar-refractivity contribution >= 4 is 27.5 Å². The number of sulfonamides is 1. The molecule has 0 unspecified atom stereocenters. The number of amides is 2. The van der Waals surface area contributed by atoms with Crippen molar-refractivity contribution in [2.45, 2.75) is 57.6 Å². The molecule has 0 aromatic heterocycles. The van der Waals surface area contributed by atoms with E-state index < -0.39 is 34.3 Å². The summed E-state index contributed by atoms with van der Waals surface area (Å²) in [5.41, 5.74) is 1.01. The second-order valence-corrected chi connectivity index (χ2v) is 11.3. The molecular formula is C30H36FN3O5S. The number of nitrogens with zero attached hydrogens (tertiary/aromatic N) is 2. The summed E-state index contributed by atoms with van der Waals surface area (Å²) in [6.07, 6.45) is 0.715. The van der Waals surface area contributed by atoms with Gasteiger partial charge in [-0.3, -0.25) is 13.9 Å². The number of hydrogen-bond donors (Lipinski definition) is 1. The topological polar surface area (TPSA) is 96.0 Å². The van der Waals surface area contributed by atoms with Crippen LogP contribution >= 0.6 is 0 Å². The first-order chi connectivity index (χ1) is 19.1. The Bertz CT molecular complexity index is 1370. The maximum atomic E-state index is 13.9. The highest BCUT2D eigenvalue weighted by Crippen LogP contribution is 2.27. The zero-order valence-electron chi connectivity index (χ0n) is 23.2. The van der Waals surface area contributed by atoms with Gasteiger partial charge in [-0.15, -0.1) is 0 Å². The van der Waals surface area contributed by atoms with E-state index in [2.05, 4.69) is 5.32 Å². The van der Waals surface area contributed by atoms with Gasteiger partial charge in [-0.25, -0.2) is 12.8 Å². The van der Waals surface area contributed by atoms with Crippen LogP contribution in [0.15, 0.2) is 83.8 Å². The lowest BCUT2D eigenvalue weighted by atomic mass is 10.1. The van der Waals surface area contributed by atoms with Crippen LogP contribution in [0.3, 0.4) is 0 Å². The molecule has 3 aromatic rings. The Morgan fingerprint density at radius 1 is 0.925 bits per heavy atom. The molecule has 0 saturated carbocycles. The van der Waals surface area contributed by atoms with Crippen molar-refractivity contribution in [1.29, 1.82) is 0 Å². The zero-order chi connectivity index (χ0) is 29.3. The number of benzene rings is 3. The maximum absolute atomic E-state index is 13.9. The van der Waals surface area contributed by atoms with Crippen LogP contribution in [-0.2, 0) is 26.2 Å². The normalized spacial score (nSPS) is 12.7. The molecule has 0 bridgehead atoms. The number of hydrogen-bond acceptors (Lipinski definition) is 5. The molecule has 3 rings (SSSR count). The minimum absolute atomic E-state index is 0.0946. The lowest BCUT2D eigenvalue weighted by Gasteiger charge is -2.32. The van der Waals surface area contributed by atoms with E-state index >= 15 is 0 Å². The zero-order valence-corrected chi connectivity index (χ0v) is 24.0. The van der Waals surface area contributed by atoms with E-state index in [4.69, 9.17) is 4.74 Å². The second kappa shape index (κ2) is 13.9. The Labute approximate surface area is 235 Å². The lowest BCUT2D eigenvalue weighted by molar-refractivity contribution is -0.139. The highest BCUT2D eigenvalue weighted by atomic mass is 32.2. The molecule has 0 spiro atoms. The summed E-state index contributed by atoms with van der Waals surface area (Å²) in [6.45, 7) is 7.21. The van der Waals surface area contributed by atoms with Crippen molar-refractivity contribution < 1.29 is 27.1 Å². The third-order valence-electron chi connectivity index (χ3n) is 6.48. The third-order valence-corrected chi connectivity index (χ3v) is 8.27. The fourth-order valence-corrected chi connectivity index (χ4v) is 5.38. The maximum Gasteiger partial charge on any atom is 0.264 e. The van der Waals surface area contributed by atoms with Gasteiger partial charge < -0.3 is 15.0 Å². The number of rotatable bonds is 13. The van der Waals surface area contributed by atoms with Crippen LogP contribution in [0, 0.1) is 5.82 Å². The second-order valence-electron chi connectivity index (χ2n) is 9.39. The molecule has 10 heteroatoms. The van der Waals surface area contributed by atoms with Crippen LogP contribution < -0.4 is 14.4 Å². The summed E-state index contributed by atoms with van der Waals surface area (Å²) in [6, 6.07) is 18.9. The molecule has 0 saturated heterocycles. The van der Waals surface area contributed by atoms with Gasteiger partial charge in [0.2, 0.25) is 11.8 Å². The summed E-state index contributed by atoms with van der Waals surface area (Å²) in [4.78, 5) is 28.2. The van der Waals surface area contributed by atoms with E-state index in [9.17, 15) is 22.4 Å². The third kappa shape index (κ3) is 7.81. The number of ether oxygens (including phenoxy) is 1. The van der Waals surface area contributed by atoms with Gasteiger partial charge in [0.05, 0.1) is 17.2 Å². The molecule has 3 aromatic carbocycles. The van der Waals surface area contributed by atoms with Gasteiger partial charge in [0, 0.05) is 12.6 Å². The van der Waals surface area contributed by atoms with Crippen LogP contribution in [0.1, 0.15) is 39.7 Å². The van der Waals surface area contributed by atoms with E-state index in [1.165, 1.54) is 4.90 Å². The van der Waals surface area contributed by atoms with E-state index in [0.717, 1.165) is 34.1 Å². The summed E-state index contributed by atoms with van der Waals surface area (Å²) in [7, 11) is -4.29. The van der Waals surface area contributed by atoms with Gasteiger partial charge >= 0.3 is 0 Å². The van der Waals surface area contributed by atoms with Crippen molar-refractivity contribution in [2.24, 2.45) is 0 Å². The first-order valence-electron chi connectivity index (χ1n) is 13.2. The van der Waals surface area contributed by atoms with Gasteiger partial charge in [-0.2, -0.15) is 0 Å². The fourth-order valence-electron chi connectivity index (χ4n) is 3.97.